The van der Waals surface area contributed by atoms with Gasteiger partial charge in [-0.2, -0.15) is 13.2 Å². The van der Waals surface area contributed by atoms with Gasteiger partial charge in [0.15, 0.2) is 0 Å². The second-order valence-corrected chi connectivity index (χ2v) is 4.02. The third-order valence-corrected chi connectivity index (χ3v) is 2.82. The maximum Gasteiger partial charge on any atom is 0.416 e. The van der Waals surface area contributed by atoms with Crippen molar-refractivity contribution in [1.29, 1.82) is 0 Å². The molecule has 0 saturated carbocycles. The van der Waals surface area contributed by atoms with Crippen LogP contribution in [0.5, 0.6) is 0 Å². The van der Waals surface area contributed by atoms with Crippen LogP contribution in [0.15, 0.2) is 18.2 Å². The van der Waals surface area contributed by atoms with E-state index in [1.54, 1.807) is 0 Å². The van der Waals surface area contributed by atoms with Crippen LogP contribution in [0.4, 0.5) is 13.2 Å². The molecular formula is C12H12F3NO2. The molecule has 0 amide bonds. The van der Waals surface area contributed by atoms with Crippen molar-refractivity contribution in [1.82, 2.24) is 5.32 Å². The zero-order chi connectivity index (χ0) is 13.2. The maximum atomic E-state index is 12.6. The third kappa shape index (κ3) is 2.70. The molecule has 0 radical (unpaired) electrons. The minimum absolute atomic E-state index is 0.233. The number of rotatable bonds is 2. The first-order valence-corrected chi connectivity index (χ1v) is 5.51. The van der Waals surface area contributed by atoms with Crippen LogP contribution in [0, 0.1) is 0 Å². The number of ether oxygens (including phenoxy) is 1. The van der Waals surface area contributed by atoms with Gasteiger partial charge in [-0.15, -0.1) is 0 Å². The zero-order valence-corrected chi connectivity index (χ0v) is 9.46. The molecule has 1 atom stereocenters. The number of carbonyl (C=O) groups excluding carboxylic acids is 1. The number of benzene rings is 1. The quantitative estimate of drug-likeness (QED) is 0.827. The number of hydrogen-bond acceptors (Lipinski definition) is 3. The van der Waals surface area contributed by atoms with E-state index in [4.69, 9.17) is 4.74 Å². The van der Waals surface area contributed by atoms with Gasteiger partial charge in [0.2, 0.25) is 0 Å². The SMILES string of the molecule is O=Cc1ccc(C(F)(F)F)cc1C1CNCCO1. The van der Waals surface area contributed by atoms with Gasteiger partial charge in [-0.05, 0) is 17.7 Å². The smallest absolute Gasteiger partial charge is 0.371 e. The number of nitrogens with one attached hydrogen (secondary N) is 1. The molecule has 1 aromatic rings. The molecule has 3 nitrogen and oxygen atoms in total. The molecule has 1 saturated heterocycles. The molecule has 0 aliphatic carbocycles. The number of aldehydes is 1. The first kappa shape index (κ1) is 13.0. The number of alkyl halides is 3. The fourth-order valence-corrected chi connectivity index (χ4v) is 1.90. The molecule has 2 rings (SSSR count). The number of hydrogen-bond donors (Lipinski definition) is 1. The third-order valence-electron chi connectivity index (χ3n) is 2.82. The lowest BCUT2D eigenvalue weighted by Gasteiger charge is -2.25. The van der Waals surface area contributed by atoms with E-state index < -0.39 is 17.8 Å². The van der Waals surface area contributed by atoms with E-state index in [2.05, 4.69) is 5.32 Å². The lowest BCUT2D eigenvalue weighted by Crippen LogP contribution is -2.34. The van der Waals surface area contributed by atoms with E-state index >= 15 is 0 Å². The van der Waals surface area contributed by atoms with Crippen LogP contribution in [0.2, 0.25) is 0 Å². The highest BCUT2D eigenvalue weighted by Gasteiger charge is 2.32. The van der Waals surface area contributed by atoms with Gasteiger partial charge >= 0.3 is 6.18 Å². The van der Waals surface area contributed by atoms with Gasteiger partial charge in [0.1, 0.15) is 6.29 Å². The van der Waals surface area contributed by atoms with Crippen molar-refractivity contribution in [3.63, 3.8) is 0 Å². The summed E-state index contributed by atoms with van der Waals surface area (Å²) in [7, 11) is 0. The maximum absolute atomic E-state index is 12.6. The monoisotopic (exact) mass is 259 g/mol. The Morgan fingerprint density at radius 1 is 1.39 bits per heavy atom. The first-order chi connectivity index (χ1) is 8.52. The molecule has 1 N–H and O–H groups in total. The predicted octanol–water partition coefficient (Wildman–Crippen LogP) is 2.18. The van der Waals surface area contributed by atoms with Crippen LogP contribution < -0.4 is 5.32 Å². The highest BCUT2D eigenvalue weighted by molar-refractivity contribution is 5.77. The molecule has 98 valence electrons. The van der Waals surface area contributed by atoms with Gasteiger partial charge in [0.05, 0.1) is 18.3 Å². The number of halogens is 3. The average molecular weight is 259 g/mol. The molecule has 1 unspecified atom stereocenters. The van der Waals surface area contributed by atoms with Gasteiger partial charge in [-0.3, -0.25) is 4.79 Å². The number of carbonyl (C=O) groups is 1. The van der Waals surface area contributed by atoms with Crippen molar-refractivity contribution in [3.8, 4) is 0 Å². The van der Waals surface area contributed by atoms with E-state index in [9.17, 15) is 18.0 Å². The molecule has 0 aromatic heterocycles. The van der Waals surface area contributed by atoms with Gasteiger partial charge < -0.3 is 10.1 Å². The van der Waals surface area contributed by atoms with Crippen molar-refractivity contribution in [2.45, 2.75) is 12.3 Å². The summed E-state index contributed by atoms with van der Waals surface area (Å²) in [6, 6.07) is 3.08. The van der Waals surface area contributed by atoms with E-state index in [1.165, 1.54) is 6.07 Å². The minimum Gasteiger partial charge on any atom is -0.371 e. The molecular weight excluding hydrogens is 247 g/mol. The fourth-order valence-electron chi connectivity index (χ4n) is 1.90. The molecule has 0 spiro atoms. The van der Waals surface area contributed by atoms with Gasteiger partial charge in [0, 0.05) is 18.7 Å². The summed E-state index contributed by atoms with van der Waals surface area (Å²) in [6.45, 7) is 1.48. The largest absolute Gasteiger partial charge is 0.416 e. The molecule has 1 aromatic carbocycles. The standard InChI is InChI=1S/C12H12F3NO2/c13-12(14,15)9-2-1-8(7-17)10(5-9)11-6-16-3-4-18-11/h1-2,5,7,11,16H,3-4,6H2. The lowest BCUT2D eigenvalue weighted by atomic mass is 9.99. The molecule has 6 heteroatoms. The summed E-state index contributed by atoms with van der Waals surface area (Å²) < 4.78 is 43.3. The van der Waals surface area contributed by atoms with Gasteiger partial charge in [-0.1, -0.05) is 6.07 Å². The van der Waals surface area contributed by atoms with Crippen molar-refractivity contribution in [3.05, 3.63) is 34.9 Å². The predicted molar refractivity (Wildman–Crippen MR) is 58.4 cm³/mol. The highest BCUT2D eigenvalue weighted by Crippen LogP contribution is 2.32. The summed E-state index contributed by atoms with van der Waals surface area (Å²) in [5, 5.41) is 3.02. The Kier molecular flexibility index (Phi) is 3.68. The Hall–Kier alpha value is -1.40. The van der Waals surface area contributed by atoms with Crippen molar-refractivity contribution in [2.75, 3.05) is 19.7 Å². The van der Waals surface area contributed by atoms with Crippen molar-refractivity contribution >= 4 is 6.29 Å². The summed E-state index contributed by atoms with van der Waals surface area (Å²) in [4.78, 5) is 10.9. The summed E-state index contributed by atoms with van der Waals surface area (Å²) >= 11 is 0. The molecule has 0 bridgehead atoms. The Morgan fingerprint density at radius 2 is 2.17 bits per heavy atom. The summed E-state index contributed by atoms with van der Waals surface area (Å²) in [6.07, 6.45) is -4.38. The Morgan fingerprint density at radius 3 is 2.72 bits per heavy atom. The highest BCUT2D eigenvalue weighted by atomic mass is 19.4. The first-order valence-electron chi connectivity index (χ1n) is 5.51. The Balaban J connectivity index is 2.38. The van der Waals surface area contributed by atoms with E-state index in [0.717, 1.165) is 12.1 Å². The minimum atomic E-state index is -4.42. The second-order valence-electron chi connectivity index (χ2n) is 4.02. The van der Waals surface area contributed by atoms with Crippen LogP contribution in [-0.4, -0.2) is 26.0 Å². The van der Waals surface area contributed by atoms with Crippen molar-refractivity contribution < 1.29 is 22.7 Å². The normalized spacial score (nSPS) is 20.7. The van der Waals surface area contributed by atoms with Crippen LogP contribution in [-0.2, 0) is 10.9 Å². The topological polar surface area (TPSA) is 38.3 Å². The van der Waals surface area contributed by atoms with Gasteiger partial charge in [0.25, 0.3) is 0 Å². The lowest BCUT2D eigenvalue weighted by molar-refractivity contribution is -0.137. The van der Waals surface area contributed by atoms with Crippen LogP contribution in [0.25, 0.3) is 0 Å². The van der Waals surface area contributed by atoms with Crippen molar-refractivity contribution in [2.24, 2.45) is 0 Å². The van der Waals surface area contributed by atoms with E-state index in [0.29, 0.717) is 26.0 Å². The fraction of sp³-hybridized carbons (Fsp3) is 0.417. The molecule has 1 heterocycles. The molecule has 18 heavy (non-hydrogen) atoms. The Labute approximate surface area is 102 Å². The zero-order valence-electron chi connectivity index (χ0n) is 9.46. The second kappa shape index (κ2) is 5.07. The Bertz CT molecular complexity index is 439. The number of morpholine rings is 1. The van der Waals surface area contributed by atoms with E-state index in [-0.39, 0.29) is 11.1 Å². The van der Waals surface area contributed by atoms with E-state index in [1.807, 2.05) is 0 Å². The summed E-state index contributed by atoms with van der Waals surface area (Å²) in [5.74, 6) is 0. The molecule has 1 aliphatic heterocycles. The molecule has 1 aliphatic rings. The van der Waals surface area contributed by atoms with Gasteiger partial charge in [-0.25, -0.2) is 0 Å². The molecule has 1 fully saturated rings. The summed E-state index contributed by atoms with van der Waals surface area (Å²) in [5.41, 5.74) is -0.249. The van der Waals surface area contributed by atoms with Crippen LogP contribution in [0.1, 0.15) is 27.6 Å². The van der Waals surface area contributed by atoms with Crippen LogP contribution >= 0.6 is 0 Å². The van der Waals surface area contributed by atoms with Crippen LogP contribution in [0.3, 0.4) is 0 Å². The average Bonchev–Trinajstić information content (AvgIpc) is 2.38.